The maximum Gasteiger partial charge on any atom is 0.261 e. The fourth-order valence-corrected chi connectivity index (χ4v) is 8.23. The molecule has 1 amide bonds. The van der Waals surface area contributed by atoms with Gasteiger partial charge in [-0.2, -0.15) is 0 Å². The Morgan fingerprint density at radius 2 is 1.97 bits per heavy atom. The van der Waals surface area contributed by atoms with Crippen LogP contribution in [-0.2, 0) is 21.0 Å². The van der Waals surface area contributed by atoms with Crippen molar-refractivity contribution in [1.82, 2.24) is 10.3 Å². The number of carbonyl (C=O) groups excluding carboxylic acids is 2. The highest BCUT2D eigenvalue weighted by Gasteiger charge is 2.59. The van der Waals surface area contributed by atoms with Gasteiger partial charge >= 0.3 is 0 Å². The fraction of sp³-hybridized carbons (Fsp3) is 0.655. The van der Waals surface area contributed by atoms with Crippen LogP contribution in [0.25, 0.3) is 0 Å². The first-order valence-electron chi connectivity index (χ1n) is 13.4. The van der Waals surface area contributed by atoms with Crippen LogP contribution in [0, 0.1) is 34.5 Å². The minimum atomic E-state index is -0.195. The Balaban J connectivity index is 1.20. The summed E-state index contributed by atoms with van der Waals surface area (Å²) in [6.07, 6.45) is 13.0. The summed E-state index contributed by atoms with van der Waals surface area (Å²) < 4.78 is 0. The molecule has 1 heterocycles. The average molecular weight is 478 g/mol. The van der Waals surface area contributed by atoms with Crippen LogP contribution in [0.15, 0.2) is 41.2 Å². The second kappa shape index (κ2) is 9.51. The summed E-state index contributed by atoms with van der Waals surface area (Å²) in [5, 5.41) is 7.14. The summed E-state index contributed by atoms with van der Waals surface area (Å²) in [7, 11) is 0. The van der Waals surface area contributed by atoms with Crippen molar-refractivity contribution in [2.24, 2.45) is 39.7 Å². The van der Waals surface area contributed by atoms with E-state index in [4.69, 9.17) is 4.84 Å². The van der Waals surface area contributed by atoms with Crippen molar-refractivity contribution in [3.8, 4) is 0 Å². The van der Waals surface area contributed by atoms with E-state index in [2.05, 4.69) is 35.4 Å². The van der Waals surface area contributed by atoms with E-state index in [9.17, 15) is 9.59 Å². The number of oxime groups is 1. The summed E-state index contributed by atoms with van der Waals surface area (Å²) in [5.74, 6) is 2.60. The number of pyridine rings is 1. The molecule has 0 spiro atoms. The summed E-state index contributed by atoms with van der Waals surface area (Å²) in [6, 6.07) is 5.63. The number of nitrogens with zero attached hydrogens (tertiary/aromatic N) is 2. The number of Topliss-reactive ketones (excluding diaryl/α,β-unsaturated/α-hetero) is 1. The van der Waals surface area contributed by atoms with E-state index in [-0.39, 0.29) is 29.3 Å². The zero-order chi connectivity index (χ0) is 24.6. The molecule has 0 bridgehead atoms. The molecule has 6 heteroatoms. The van der Waals surface area contributed by atoms with Crippen molar-refractivity contribution in [2.75, 3.05) is 6.61 Å². The number of carbonyl (C=O) groups is 2. The molecular formula is C29H39N3O3. The number of aromatic nitrogens is 1. The molecule has 0 unspecified atom stereocenters. The Morgan fingerprint density at radius 1 is 1.11 bits per heavy atom. The summed E-state index contributed by atoms with van der Waals surface area (Å²) in [5.41, 5.74) is 3.70. The van der Waals surface area contributed by atoms with Crippen LogP contribution in [0.3, 0.4) is 0 Å². The maximum atomic E-state index is 12.4. The third-order valence-corrected chi connectivity index (χ3v) is 10.0. The molecule has 0 saturated heterocycles. The summed E-state index contributed by atoms with van der Waals surface area (Å²) in [4.78, 5) is 34.1. The first-order valence-corrected chi connectivity index (χ1v) is 13.4. The lowest BCUT2D eigenvalue weighted by Crippen LogP contribution is -2.51. The molecule has 5 rings (SSSR count). The van der Waals surface area contributed by atoms with E-state index < -0.39 is 0 Å². The zero-order valence-electron chi connectivity index (χ0n) is 21.4. The summed E-state index contributed by atoms with van der Waals surface area (Å²) in [6.45, 7) is 6.99. The van der Waals surface area contributed by atoms with E-state index in [1.165, 1.54) is 31.3 Å². The van der Waals surface area contributed by atoms with Gasteiger partial charge in [0, 0.05) is 12.1 Å². The zero-order valence-corrected chi connectivity index (χ0v) is 21.4. The lowest BCUT2D eigenvalue weighted by atomic mass is 9.46. The first kappa shape index (κ1) is 24.2. The van der Waals surface area contributed by atoms with E-state index in [0.29, 0.717) is 24.2 Å². The number of hydrogen-bond acceptors (Lipinski definition) is 5. The van der Waals surface area contributed by atoms with Gasteiger partial charge < -0.3 is 10.2 Å². The molecule has 1 aromatic heterocycles. The number of rotatable bonds is 6. The highest BCUT2D eigenvalue weighted by atomic mass is 16.6. The topological polar surface area (TPSA) is 80.6 Å². The average Bonchev–Trinajstić information content (AvgIpc) is 3.21. The van der Waals surface area contributed by atoms with Crippen molar-refractivity contribution in [2.45, 2.75) is 78.7 Å². The lowest BCUT2D eigenvalue weighted by Gasteiger charge is -2.58. The number of amides is 1. The van der Waals surface area contributed by atoms with Gasteiger partial charge in [0.2, 0.25) is 0 Å². The van der Waals surface area contributed by atoms with Gasteiger partial charge in [0.25, 0.3) is 5.91 Å². The van der Waals surface area contributed by atoms with E-state index in [0.717, 1.165) is 43.0 Å². The minimum Gasteiger partial charge on any atom is -0.385 e. The largest absolute Gasteiger partial charge is 0.385 e. The van der Waals surface area contributed by atoms with Crippen LogP contribution in [0.1, 0.15) is 77.8 Å². The number of nitrogens with one attached hydrogen (secondary N) is 1. The standard InChI is InChI=1S/C29H39N3O3/c1-19(33)24-9-10-25-23-8-7-20-16-21(11-13-28(20,2)26(23)12-14-29(24,25)3)32-35-18-27(34)31-17-22-6-4-5-15-30-22/h4-6,15-16,23-26H,7-14,17-18H2,1-3H3,(H,31,34)/b32-21-/t23-,24+,25-,26-,28-,29+/m0/s1. The van der Waals surface area contributed by atoms with E-state index in [1.54, 1.807) is 6.20 Å². The smallest absolute Gasteiger partial charge is 0.261 e. The molecular weight excluding hydrogens is 438 g/mol. The quantitative estimate of drug-likeness (QED) is 0.568. The molecule has 6 atom stereocenters. The number of allylic oxidation sites excluding steroid dienone is 2. The fourth-order valence-electron chi connectivity index (χ4n) is 8.23. The normalized spacial score (nSPS) is 37.0. The third-order valence-electron chi connectivity index (χ3n) is 10.0. The number of ketones is 1. The lowest BCUT2D eigenvalue weighted by molar-refractivity contribution is -0.128. The monoisotopic (exact) mass is 477 g/mol. The van der Waals surface area contributed by atoms with Crippen molar-refractivity contribution in [1.29, 1.82) is 0 Å². The molecule has 3 fully saturated rings. The van der Waals surface area contributed by atoms with Gasteiger partial charge in [0.1, 0.15) is 5.78 Å². The van der Waals surface area contributed by atoms with Crippen molar-refractivity contribution in [3.05, 3.63) is 41.7 Å². The maximum absolute atomic E-state index is 12.4. The van der Waals surface area contributed by atoms with Crippen LogP contribution < -0.4 is 5.32 Å². The van der Waals surface area contributed by atoms with Crippen molar-refractivity contribution in [3.63, 3.8) is 0 Å². The van der Waals surface area contributed by atoms with Gasteiger partial charge in [-0.25, -0.2) is 0 Å². The predicted molar refractivity (Wildman–Crippen MR) is 135 cm³/mol. The molecule has 4 aliphatic carbocycles. The van der Waals surface area contributed by atoms with Crippen LogP contribution in [0.5, 0.6) is 0 Å². The van der Waals surface area contributed by atoms with Gasteiger partial charge in [-0.3, -0.25) is 14.6 Å². The van der Waals surface area contributed by atoms with E-state index >= 15 is 0 Å². The second-order valence-corrected chi connectivity index (χ2v) is 11.7. The van der Waals surface area contributed by atoms with Gasteiger partial charge in [-0.05, 0) is 105 Å². The molecule has 3 saturated carbocycles. The molecule has 1 aromatic rings. The third kappa shape index (κ3) is 4.45. The van der Waals surface area contributed by atoms with Crippen LogP contribution in [0.4, 0.5) is 0 Å². The van der Waals surface area contributed by atoms with E-state index in [1.807, 2.05) is 25.1 Å². The molecule has 0 radical (unpaired) electrons. The van der Waals surface area contributed by atoms with Crippen LogP contribution in [0.2, 0.25) is 0 Å². The van der Waals surface area contributed by atoms with Gasteiger partial charge in [0.05, 0.1) is 18.0 Å². The van der Waals surface area contributed by atoms with Crippen molar-refractivity contribution < 1.29 is 14.4 Å². The molecule has 6 nitrogen and oxygen atoms in total. The number of fused-ring (bicyclic) bond motifs is 5. The molecule has 1 N–H and O–H groups in total. The summed E-state index contributed by atoms with van der Waals surface area (Å²) >= 11 is 0. The SMILES string of the molecule is CC(=O)[C@H]1CC[C@H]2[C@@H]3CCC4=C/C(=N\OCC(=O)NCc5ccccn5)CC[C@]4(C)[C@H]3CC[C@]12C. The van der Waals surface area contributed by atoms with Crippen LogP contribution in [-0.4, -0.2) is 29.0 Å². The molecule has 0 aromatic carbocycles. The van der Waals surface area contributed by atoms with Crippen molar-refractivity contribution >= 4 is 17.4 Å². The Morgan fingerprint density at radius 3 is 2.74 bits per heavy atom. The molecule has 0 aliphatic heterocycles. The molecule has 4 aliphatic rings. The Bertz CT molecular complexity index is 1030. The number of hydrogen-bond donors (Lipinski definition) is 1. The highest BCUT2D eigenvalue weighted by Crippen LogP contribution is 2.66. The molecule has 188 valence electrons. The van der Waals surface area contributed by atoms with Gasteiger partial charge in [-0.1, -0.05) is 30.6 Å². The Kier molecular flexibility index (Phi) is 6.58. The molecule has 35 heavy (non-hydrogen) atoms. The predicted octanol–water partition coefficient (Wildman–Crippen LogP) is 5.24. The second-order valence-electron chi connectivity index (χ2n) is 11.7. The van der Waals surface area contributed by atoms with Gasteiger partial charge in [0.15, 0.2) is 6.61 Å². The minimum absolute atomic E-state index is 0.0843. The van der Waals surface area contributed by atoms with Gasteiger partial charge in [-0.15, -0.1) is 0 Å². The highest BCUT2D eigenvalue weighted by molar-refractivity contribution is 5.96. The Hall–Kier alpha value is -2.50. The van der Waals surface area contributed by atoms with Crippen LogP contribution >= 0.6 is 0 Å². The first-order chi connectivity index (χ1) is 16.8. The Labute approximate surface area is 209 Å².